The minimum atomic E-state index is -0.659. The number of rotatable bonds is 13. The maximum Gasteiger partial charge on any atom is 0.290 e. The average molecular weight is 743 g/mol. The third kappa shape index (κ3) is 9.07. The largest absolute Gasteiger partial charge is 0.494 e. The van der Waals surface area contributed by atoms with Gasteiger partial charge in [0.1, 0.15) is 5.82 Å². The zero-order valence-corrected chi connectivity index (χ0v) is 29.5. The SMILES string of the molecule is COc1cc(-n2c(C(C)(C)c3ccc4onc(N)c4c3)cnc2SCc2c(F)cc(C(=O)NCCCCN=C(N)N)cc2Cl)ccc1F.O=CO. The van der Waals surface area contributed by atoms with Crippen LogP contribution in [0.2, 0.25) is 5.02 Å². The van der Waals surface area contributed by atoms with Crippen LogP contribution in [0, 0.1) is 11.6 Å². The molecule has 1 amide bonds. The Balaban J connectivity index is 0.00000188. The Morgan fingerprint density at radius 1 is 1.16 bits per heavy atom. The number of fused-ring (bicyclic) bond motifs is 1. The number of guanidine groups is 1. The third-order valence-electron chi connectivity index (χ3n) is 7.90. The Morgan fingerprint density at radius 2 is 1.90 bits per heavy atom. The molecule has 270 valence electrons. The second-order valence-electron chi connectivity index (χ2n) is 11.6. The van der Waals surface area contributed by atoms with Crippen molar-refractivity contribution in [2.75, 3.05) is 25.9 Å². The zero-order chi connectivity index (χ0) is 37.3. The highest BCUT2D eigenvalue weighted by Crippen LogP contribution is 2.39. The van der Waals surface area contributed by atoms with Gasteiger partial charge in [0.25, 0.3) is 12.4 Å². The number of unbranched alkanes of at least 4 members (excludes halogenated alkanes) is 1. The van der Waals surface area contributed by atoms with Gasteiger partial charge in [-0.3, -0.25) is 19.1 Å². The van der Waals surface area contributed by atoms with E-state index in [4.69, 9.17) is 52.9 Å². The highest BCUT2D eigenvalue weighted by molar-refractivity contribution is 7.98. The molecule has 0 radical (unpaired) electrons. The summed E-state index contributed by atoms with van der Waals surface area (Å²) in [6.45, 7) is 4.60. The number of nitrogen functional groups attached to an aromatic ring is 1. The first-order valence-corrected chi connectivity index (χ1v) is 16.8. The Morgan fingerprint density at radius 3 is 2.59 bits per heavy atom. The number of aliphatic imine (C=N–C) groups is 1. The van der Waals surface area contributed by atoms with Crippen molar-refractivity contribution in [3.63, 3.8) is 0 Å². The molecule has 51 heavy (non-hydrogen) atoms. The van der Waals surface area contributed by atoms with Crippen molar-refractivity contribution in [2.45, 2.75) is 43.0 Å². The van der Waals surface area contributed by atoms with Crippen LogP contribution in [0.5, 0.6) is 5.75 Å². The number of amides is 1. The van der Waals surface area contributed by atoms with Gasteiger partial charge in [0.2, 0.25) is 0 Å². The number of aromatic nitrogens is 3. The number of carbonyl (C=O) groups excluding carboxylic acids is 1. The van der Waals surface area contributed by atoms with Crippen molar-refractivity contribution in [3.05, 3.63) is 93.8 Å². The van der Waals surface area contributed by atoms with E-state index >= 15 is 4.39 Å². The predicted octanol–water partition coefficient (Wildman–Crippen LogP) is 5.64. The summed E-state index contributed by atoms with van der Waals surface area (Å²) in [5, 5.41) is 14.8. The summed E-state index contributed by atoms with van der Waals surface area (Å²) in [7, 11) is 1.39. The summed E-state index contributed by atoms with van der Waals surface area (Å²) in [5.41, 5.74) is 19.1. The summed E-state index contributed by atoms with van der Waals surface area (Å²) in [6.07, 6.45) is 3.04. The molecule has 0 unspecified atom stereocenters. The fourth-order valence-corrected chi connectivity index (χ4v) is 6.55. The minimum absolute atomic E-state index is 0.0128. The van der Waals surface area contributed by atoms with Gasteiger partial charge in [-0.15, -0.1) is 0 Å². The normalized spacial score (nSPS) is 11.1. The molecule has 2 heterocycles. The van der Waals surface area contributed by atoms with Gasteiger partial charge < -0.3 is 36.9 Å². The van der Waals surface area contributed by atoms with E-state index in [2.05, 4.69) is 15.5 Å². The zero-order valence-electron chi connectivity index (χ0n) is 28.0. The van der Waals surface area contributed by atoms with Gasteiger partial charge in [-0.05, 0) is 54.8 Å². The number of carbonyl (C=O) groups is 2. The number of nitrogens with one attached hydrogen (secondary N) is 1. The number of nitrogens with zero attached hydrogens (tertiary/aromatic N) is 4. The summed E-state index contributed by atoms with van der Waals surface area (Å²) in [4.78, 5) is 29.6. The Hall–Kier alpha value is -5.35. The lowest BCUT2D eigenvalue weighted by Gasteiger charge is -2.27. The molecule has 0 saturated heterocycles. The van der Waals surface area contributed by atoms with Crippen molar-refractivity contribution < 1.29 is 32.7 Å². The second-order valence-corrected chi connectivity index (χ2v) is 12.9. The highest BCUT2D eigenvalue weighted by atomic mass is 35.5. The van der Waals surface area contributed by atoms with Crippen LogP contribution < -0.4 is 27.3 Å². The number of ether oxygens (including phenoxy) is 1. The van der Waals surface area contributed by atoms with Gasteiger partial charge in [-0.1, -0.05) is 48.4 Å². The maximum atomic E-state index is 15.4. The van der Waals surface area contributed by atoms with E-state index in [9.17, 15) is 9.18 Å². The van der Waals surface area contributed by atoms with E-state index in [-0.39, 0.29) is 45.9 Å². The predicted molar refractivity (Wildman–Crippen MR) is 193 cm³/mol. The topological polar surface area (TPSA) is 210 Å². The van der Waals surface area contributed by atoms with Gasteiger partial charge in [-0.2, -0.15) is 0 Å². The number of imidazole rings is 1. The third-order valence-corrected chi connectivity index (χ3v) is 9.21. The molecule has 5 aromatic rings. The molecule has 0 aliphatic rings. The van der Waals surface area contributed by atoms with E-state index in [0.29, 0.717) is 47.7 Å². The van der Waals surface area contributed by atoms with E-state index in [0.717, 1.165) is 17.3 Å². The number of hydrogen-bond acceptors (Lipinski definition) is 9. The molecule has 5 rings (SSSR count). The lowest BCUT2D eigenvalue weighted by molar-refractivity contribution is -0.122. The van der Waals surface area contributed by atoms with E-state index in [1.807, 2.05) is 30.5 Å². The molecule has 0 aliphatic carbocycles. The first-order valence-electron chi connectivity index (χ1n) is 15.4. The summed E-state index contributed by atoms with van der Waals surface area (Å²) >= 11 is 7.76. The number of halogens is 3. The van der Waals surface area contributed by atoms with Crippen molar-refractivity contribution in [1.82, 2.24) is 20.0 Å². The first-order chi connectivity index (χ1) is 24.3. The van der Waals surface area contributed by atoms with Crippen LogP contribution in [-0.4, -0.2) is 58.4 Å². The monoisotopic (exact) mass is 742 g/mol. The second kappa shape index (κ2) is 17.0. The van der Waals surface area contributed by atoms with Gasteiger partial charge in [0, 0.05) is 46.5 Å². The van der Waals surface area contributed by atoms with Crippen molar-refractivity contribution in [1.29, 1.82) is 0 Å². The highest BCUT2D eigenvalue weighted by Gasteiger charge is 2.31. The molecule has 0 atom stereocenters. The van der Waals surface area contributed by atoms with E-state index in [1.165, 1.54) is 31.0 Å². The summed E-state index contributed by atoms with van der Waals surface area (Å²) < 4.78 is 42.3. The maximum absolute atomic E-state index is 15.4. The number of methoxy groups -OCH3 is 1. The minimum Gasteiger partial charge on any atom is -0.494 e. The number of carboxylic acid groups (broad SMARTS) is 1. The number of thioether (sulfide) groups is 1. The first kappa shape index (κ1) is 38.5. The number of benzene rings is 3. The van der Waals surface area contributed by atoms with Crippen LogP contribution in [0.3, 0.4) is 0 Å². The number of hydrogen-bond donors (Lipinski definition) is 5. The van der Waals surface area contributed by atoms with Gasteiger partial charge >= 0.3 is 0 Å². The van der Waals surface area contributed by atoms with E-state index in [1.54, 1.807) is 24.4 Å². The number of nitrogens with two attached hydrogens (primary N) is 3. The smallest absolute Gasteiger partial charge is 0.290 e. The van der Waals surface area contributed by atoms with Gasteiger partial charge in [0.15, 0.2) is 34.1 Å². The fourth-order valence-electron chi connectivity index (χ4n) is 5.17. The molecule has 2 aromatic heterocycles. The van der Waals surface area contributed by atoms with Crippen LogP contribution in [-0.2, 0) is 16.0 Å². The summed E-state index contributed by atoms with van der Waals surface area (Å²) in [6, 6.07) is 12.7. The molecular weight excluding hydrogens is 706 g/mol. The summed E-state index contributed by atoms with van der Waals surface area (Å²) in [5.74, 6) is -1.16. The lowest BCUT2D eigenvalue weighted by Crippen LogP contribution is -2.25. The Labute approximate surface area is 301 Å². The molecule has 8 N–H and O–H groups in total. The molecule has 0 fully saturated rings. The van der Waals surface area contributed by atoms with Gasteiger partial charge in [0.05, 0.1) is 30.1 Å². The van der Waals surface area contributed by atoms with Crippen LogP contribution in [0.1, 0.15) is 53.9 Å². The van der Waals surface area contributed by atoms with Crippen molar-refractivity contribution in [2.24, 2.45) is 16.5 Å². The van der Waals surface area contributed by atoms with Gasteiger partial charge in [-0.25, -0.2) is 13.8 Å². The fraction of sp³-hybridized carbons (Fsp3) is 0.265. The molecule has 17 heteroatoms. The molecule has 3 aromatic carbocycles. The lowest BCUT2D eigenvalue weighted by atomic mass is 9.81. The van der Waals surface area contributed by atoms with Crippen molar-refractivity contribution in [3.8, 4) is 11.4 Å². The van der Waals surface area contributed by atoms with Crippen LogP contribution in [0.25, 0.3) is 16.7 Å². The van der Waals surface area contributed by atoms with Crippen LogP contribution in [0.15, 0.2) is 69.4 Å². The van der Waals surface area contributed by atoms with Crippen LogP contribution in [0.4, 0.5) is 14.6 Å². The van der Waals surface area contributed by atoms with Crippen molar-refractivity contribution >= 4 is 58.5 Å². The molecule has 0 aliphatic heterocycles. The Bertz CT molecular complexity index is 2030. The van der Waals surface area contributed by atoms with Crippen LogP contribution >= 0.6 is 23.4 Å². The van der Waals surface area contributed by atoms with E-state index < -0.39 is 23.0 Å². The molecule has 0 spiro atoms. The molecule has 0 bridgehead atoms. The molecule has 0 saturated carbocycles. The standard InChI is InChI=1S/C33H35ClF2N8O3S.CH2O2/c1-33(2,19-6-9-26-21(14-19)29(37)43-47-26)28-16-42-32(44(28)20-7-8-24(35)27(15-20)46-3)48-17-22-23(34)12-18(13-25(22)36)30(45)40-10-4-5-11-41-31(38)39;2-1-3/h6-9,12-16H,4-5,10-11,17H2,1-3H3,(H2,37,43)(H,40,45)(H4,38,39,41);1H,(H,2,3). The number of anilines is 1. The quantitative estimate of drug-likeness (QED) is 0.0328. The molecular formula is C34H37ClF2N8O5S. The molecule has 13 nitrogen and oxygen atoms in total. The Kier molecular flexibility index (Phi) is 12.9. The average Bonchev–Trinajstić information content (AvgIpc) is 3.70.